The summed E-state index contributed by atoms with van der Waals surface area (Å²) in [6.07, 6.45) is 6.65. The molecule has 2 aliphatic rings. The van der Waals surface area contributed by atoms with E-state index >= 15 is 0 Å². The van der Waals surface area contributed by atoms with Crippen molar-refractivity contribution in [1.29, 1.82) is 0 Å². The second kappa shape index (κ2) is 7.47. The van der Waals surface area contributed by atoms with Gasteiger partial charge in [-0.2, -0.15) is 0 Å². The normalized spacial score (nSPS) is 21.0. The van der Waals surface area contributed by atoms with Gasteiger partial charge in [-0.3, -0.25) is 9.69 Å². The molecule has 1 aromatic rings. The van der Waals surface area contributed by atoms with Crippen molar-refractivity contribution in [2.75, 3.05) is 31.1 Å². The number of hydrogen-bond donors (Lipinski definition) is 1. The number of anilines is 1. The van der Waals surface area contributed by atoms with Gasteiger partial charge in [0.15, 0.2) is 0 Å². The number of aryl methyl sites for hydroxylation is 2. The highest BCUT2D eigenvalue weighted by Gasteiger charge is 2.28. The van der Waals surface area contributed by atoms with E-state index in [1.54, 1.807) is 0 Å². The first-order valence-corrected chi connectivity index (χ1v) is 9.14. The van der Waals surface area contributed by atoms with Crippen LogP contribution in [0.15, 0.2) is 6.20 Å². The average Bonchev–Trinajstić information content (AvgIpc) is 3.10. The molecule has 1 aliphatic carbocycles. The molecule has 1 N–H and O–H groups in total. The molecule has 0 radical (unpaired) electrons. The van der Waals surface area contributed by atoms with Crippen LogP contribution in [0.2, 0.25) is 0 Å². The quantitative estimate of drug-likeness (QED) is 0.909. The largest absolute Gasteiger partial charge is 0.352 e. The molecule has 1 saturated carbocycles. The molecule has 2 heterocycles. The summed E-state index contributed by atoms with van der Waals surface area (Å²) in [6.45, 7) is 9.54. The lowest BCUT2D eigenvalue weighted by molar-refractivity contribution is -0.126. The lowest BCUT2D eigenvalue weighted by Gasteiger charge is -2.37. The zero-order chi connectivity index (χ0) is 17.1. The monoisotopic (exact) mass is 331 g/mol. The maximum absolute atomic E-state index is 12.4. The predicted octanol–water partition coefficient (Wildman–Crippen LogP) is 1.66. The van der Waals surface area contributed by atoms with Crippen molar-refractivity contribution < 1.29 is 4.79 Å². The molecule has 0 spiro atoms. The SMILES string of the molecule is Cc1cnc(N2CCN([C@H](C)C(=O)NC3CCCC3)CC2)nc1C. The van der Waals surface area contributed by atoms with Crippen LogP contribution in [0.4, 0.5) is 5.95 Å². The van der Waals surface area contributed by atoms with Crippen LogP contribution in [-0.2, 0) is 4.79 Å². The van der Waals surface area contributed by atoms with Crippen molar-refractivity contribution in [1.82, 2.24) is 20.2 Å². The number of carbonyl (C=O) groups excluding carboxylic acids is 1. The lowest BCUT2D eigenvalue weighted by Crippen LogP contribution is -2.55. The van der Waals surface area contributed by atoms with Gasteiger partial charge in [0.05, 0.1) is 6.04 Å². The van der Waals surface area contributed by atoms with E-state index in [1.165, 1.54) is 12.8 Å². The fourth-order valence-electron chi connectivity index (χ4n) is 3.53. The summed E-state index contributed by atoms with van der Waals surface area (Å²) >= 11 is 0. The first-order valence-electron chi connectivity index (χ1n) is 9.14. The summed E-state index contributed by atoms with van der Waals surface area (Å²) in [7, 11) is 0. The maximum Gasteiger partial charge on any atom is 0.237 e. The number of rotatable bonds is 4. The molecule has 1 aliphatic heterocycles. The maximum atomic E-state index is 12.4. The van der Waals surface area contributed by atoms with E-state index < -0.39 is 0 Å². The average molecular weight is 331 g/mol. The van der Waals surface area contributed by atoms with Crippen molar-refractivity contribution >= 4 is 11.9 Å². The van der Waals surface area contributed by atoms with Gasteiger partial charge < -0.3 is 10.2 Å². The van der Waals surface area contributed by atoms with Gasteiger partial charge in [-0.25, -0.2) is 9.97 Å². The third-order valence-corrected chi connectivity index (χ3v) is 5.44. The topological polar surface area (TPSA) is 61.4 Å². The Kier molecular flexibility index (Phi) is 5.33. The Labute approximate surface area is 144 Å². The summed E-state index contributed by atoms with van der Waals surface area (Å²) < 4.78 is 0. The molecule has 0 aromatic carbocycles. The van der Waals surface area contributed by atoms with E-state index in [9.17, 15) is 4.79 Å². The number of piperazine rings is 1. The van der Waals surface area contributed by atoms with Crippen LogP contribution in [0, 0.1) is 13.8 Å². The van der Waals surface area contributed by atoms with E-state index in [-0.39, 0.29) is 11.9 Å². The Morgan fingerprint density at radius 3 is 2.50 bits per heavy atom. The highest BCUT2D eigenvalue weighted by molar-refractivity contribution is 5.81. The molecule has 6 heteroatoms. The van der Waals surface area contributed by atoms with E-state index in [0.717, 1.165) is 56.2 Å². The minimum absolute atomic E-state index is 0.0616. The number of hydrogen-bond acceptors (Lipinski definition) is 5. The molecule has 1 aromatic heterocycles. The number of nitrogens with one attached hydrogen (secondary N) is 1. The summed E-state index contributed by atoms with van der Waals surface area (Å²) in [6, 6.07) is 0.332. The number of aromatic nitrogens is 2. The third-order valence-electron chi connectivity index (χ3n) is 5.44. The third kappa shape index (κ3) is 3.86. The van der Waals surface area contributed by atoms with Crippen LogP contribution in [0.1, 0.15) is 43.9 Å². The molecule has 1 saturated heterocycles. The van der Waals surface area contributed by atoms with Gasteiger partial charge in [0, 0.05) is 44.1 Å². The van der Waals surface area contributed by atoms with Crippen molar-refractivity contribution in [2.24, 2.45) is 0 Å². The lowest BCUT2D eigenvalue weighted by atomic mass is 10.2. The second-order valence-electron chi connectivity index (χ2n) is 7.13. The van der Waals surface area contributed by atoms with E-state index in [1.807, 2.05) is 27.0 Å². The first kappa shape index (κ1) is 17.1. The van der Waals surface area contributed by atoms with Crippen LogP contribution < -0.4 is 10.2 Å². The van der Waals surface area contributed by atoms with E-state index in [0.29, 0.717) is 6.04 Å². The summed E-state index contributed by atoms with van der Waals surface area (Å²) in [5.74, 6) is 0.985. The van der Waals surface area contributed by atoms with Crippen LogP contribution in [0.5, 0.6) is 0 Å². The summed E-state index contributed by atoms with van der Waals surface area (Å²) in [4.78, 5) is 26.0. The minimum atomic E-state index is -0.0616. The Bertz CT molecular complexity index is 577. The molecule has 1 atom stereocenters. The fraction of sp³-hybridized carbons (Fsp3) is 0.722. The molecule has 0 bridgehead atoms. The zero-order valence-electron chi connectivity index (χ0n) is 15.1. The molecule has 6 nitrogen and oxygen atoms in total. The van der Waals surface area contributed by atoms with Gasteiger partial charge in [0.2, 0.25) is 11.9 Å². The summed E-state index contributed by atoms with van der Waals surface area (Å²) in [5, 5.41) is 3.21. The van der Waals surface area contributed by atoms with Gasteiger partial charge in [-0.1, -0.05) is 12.8 Å². The van der Waals surface area contributed by atoms with Gasteiger partial charge in [0.1, 0.15) is 0 Å². The summed E-state index contributed by atoms with van der Waals surface area (Å²) in [5.41, 5.74) is 2.15. The highest BCUT2D eigenvalue weighted by atomic mass is 16.2. The molecular formula is C18H29N5O. The Morgan fingerprint density at radius 2 is 1.88 bits per heavy atom. The van der Waals surface area contributed by atoms with Crippen molar-refractivity contribution in [2.45, 2.75) is 58.5 Å². The van der Waals surface area contributed by atoms with Crippen LogP contribution >= 0.6 is 0 Å². The molecule has 0 unspecified atom stereocenters. The number of carbonyl (C=O) groups is 1. The smallest absolute Gasteiger partial charge is 0.237 e. The van der Waals surface area contributed by atoms with Crippen LogP contribution in [-0.4, -0.2) is 59.0 Å². The van der Waals surface area contributed by atoms with Crippen molar-refractivity contribution in [3.63, 3.8) is 0 Å². The molecular weight excluding hydrogens is 302 g/mol. The van der Waals surface area contributed by atoms with Crippen LogP contribution in [0.25, 0.3) is 0 Å². The molecule has 24 heavy (non-hydrogen) atoms. The first-order chi connectivity index (χ1) is 11.5. The minimum Gasteiger partial charge on any atom is -0.352 e. The van der Waals surface area contributed by atoms with Crippen molar-refractivity contribution in [3.05, 3.63) is 17.5 Å². The van der Waals surface area contributed by atoms with Gasteiger partial charge in [0.25, 0.3) is 0 Å². The Morgan fingerprint density at radius 1 is 1.21 bits per heavy atom. The molecule has 1 amide bonds. The number of nitrogens with zero attached hydrogens (tertiary/aromatic N) is 4. The van der Waals surface area contributed by atoms with Crippen molar-refractivity contribution in [3.8, 4) is 0 Å². The fourth-order valence-corrected chi connectivity index (χ4v) is 3.53. The van der Waals surface area contributed by atoms with Crippen LogP contribution in [0.3, 0.4) is 0 Å². The second-order valence-corrected chi connectivity index (χ2v) is 7.13. The van der Waals surface area contributed by atoms with Gasteiger partial charge in [-0.15, -0.1) is 0 Å². The van der Waals surface area contributed by atoms with Gasteiger partial charge >= 0.3 is 0 Å². The predicted molar refractivity (Wildman–Crippen MR) is 95.2 cm³/mol. The van der Waals surface area contributed by atoms with E-state index in [2.05, 4.69) is 25.1 Å². The Balaban J connectivity index is 1.52. The standard InChI is InChI=1S/C18H29N5O/c1-13-12-19-18(20-14(13)2)23-10-8-22(9-11-23)15(3)17(24)21-16-6-4-5-7-16/h12,15-16H,4-11H2,1-3H3,(H,21,24)/t15-/m1/s1. The zero-order valence-corrected chi connectivity index (χ0v) is 15.1. The molecule has 132 valence electrons. The Hall–Kier alpha value is -1.69. The van der Waals surface area contributed by atoms with Gasteiger partial charge in [-0.05, 0) is 39.2 Å². The molecule has 2 fully saturated rings. The highest BCUT2D eigenvalue weighted by Crippen LogP contribution is 2.18. The molecule has 3 rings (SSSR count). The number of amides is 1. The van der Waals surface area contributed by atoms with E-state index in [4.69, 9.17) is 0 Å².